The molecule has 3 aromatic carbocycles. The highest BCUT2D eigenvalue weighted by atomic mass is 19.4. The van der Waals surface area contributed by atoms with Crippen molar-refractivity contribution < 1.29 is 13.2 Å². The number of benzene rings is 3. The number of hydrogen-bond donors (Lipinski definition) is 0. The number of nitrogens with zero attached hydrogens (tertiary/aromatic N) is 2. The molecular weight excluding hydrogens is 409 g/mol. The van der Waals surface area contributed by atoms with Crippen LogP contribution < -0.4 is 0 Å². The molecule has 156 valence electrons. The summed E-state index contributed by atoms with van der Waals surface area (Å²) in [4.78, 5) is 8.61. The van der Waals surface area contributed by atoms with E-state index in [1.165, 1.54) is 12.1 Å². The van der Waals surface area contributed by atoms with E-state index >= 15 is 0 Å². The maximum absolute atomic E-state index is 12.8. The van der Waals surface area contributed by atoms with Gasteiger partial charge in [0.15, 0.2) is 0 Å². The standard InChI is InChI=1S/C27H17F3N2/c28-27(29,30)25-8-5-18(6-9-25)20-1-2-22-16-23(4-3-21(22)15-20)24-7-10-26(32-17-24)19-11-13-31-14-12-19/h1-17H. The number of halogens is 3. The van der Waals surface area contributed by atoms with Gasteiger partial charge in [0, 0.05) is 29.7 Å². The van der Waals surface area contributed by atoms with Gasteiger partial charge < -0.3 is 0 Å². The minimum Gasteiger partial charge on any atom is -0.265 e. The average molecular weight is 426 g/mol. The van der Waals surface area contributed by atoms with Crippen molar-refractivity contribution in [1.82, 2.24) is 9.97 Å². The second kappa shape index (κ2) is 7.93. The minimum absolute atomic E-state index is 0.643. The van der Waals surface area contributed by atoms with Gasteiger partial charge in [-0.15, -0.1) is 0 Å². The van der Waals surface area contributed by atoms with E-state index in [1.807, 2.05) is 60.8 Å². The lowest BCUT2D eigenvalue weighted by Crippen LogP contribution is -2.03. The molecule has 0 aliphatic heterocycles. The quantitative estimate of drug-likeness (QED) is 0.296. The monoisotopic (exact) mass is 426 g/mol. The predicted octanol–water partition coefficient (Wildman–Crippen LogP) is 7.65. The van der Waals surface area contributed by atoms with Crippen LogP contribution in [0.3, 0.4) is 0 Å². The molecule has 5 rings (SSSR count). The molecule has 0 N–H and O–H groups in total. The zero-order valence-corrected chi connectivity index (χ0v) is 16.8. The number of alkyl halides is 3. The normalized spacial score (nSPS) is 11.6. The van der Waals surface area contributed by atoms with E-state index in [-0.39, 0.29) is 0 Å². The first-order chi connectivity index (χ1) is 15.5. The van der Waals surface area contributed by atoms with Gasteiger partial charge in [-0.1, -0.05) is 42.5 Å². The second-order valence-corrected chi connectivity index (χ2v) is 7.52. The molecular formula is C27H17F3N2. The van der Waals surface area contributed by atoms with Crippen LogP contribution in [0.15, 0.2) is 104 Å². The van der Waals surface area contributed by atoms with Crippen LogP contribution >= 0.6 is 0 Å². The van der Waals surface area contributed by atoms with Crippen LogP contribution in [-0.2, 0) is 6.18 Å². The number of rotatable bonds is 3. The highest BCUT2D eigenvalue weighted by Crippen LogP contribution is 2.32. The van der Waals surface area contributed by atoms with Crippen molar-refractivity contribution in [2.75, 3.05) is 0 Å². The molecule has 5 heteroatoms. The molecule has 5 aromatic rings. The van der Waals surface area contributed by atoms with Gasteiger partial charge in [-0.2, -0.15) is 13.2 Å². The molecule has 0 radical (unpaired) electrons. The number of fused-ring (bicyclic) bond motifs is 1. The van der Waals surface area contributed by atoms with Crippen molar-refractivity contribution in [2.24, 2.45) is 0 Å². The Balaban J connectivity index is 1.43. The number of hydrogen-bond acceptors (Lipinski definition) is 2. The van der Waals surface area contributed by atoms with Crippen molar-refractivity contribution in [3.05, 3.63) is 109 Å². The van der Waals surface area contributed by atoms with E-state index in [2.05, 4.69) is 16.0 Å². The molecule has 2 nitrogen and oxygen atoms in total. The maximum Gasteiger partial charge on any atom is 0.416 e. The fourth-order valence-corrected chi connectivity index (χ4v) is 3.71. The van der Waals surface area contributed by atoms with Gasteiger partial charge >= 0.3 is 6.18 Å². The Morgan fingerprint density at radius 3 is 1.66 bits per heavy atom. The summed E-state index contributed by atoms with van der Waals surface area (Å²) in [7, 11) is 0. The Bertz CT molecular complexity index is 1380. The molecule has 0 unspecified atom stereocenters. The van der Waals surface area contributed by atoms with Crippen LogP contribution in [-0.4, -0.2) is 9.97 Å². The van der Waals surface area contributed by atoms with E-state index in [9.17, 15) is 13.2 Å². The van der Waals surface area contributed by atoms with Crippen LogP contribution in [0.4, 0.5) is 13.2 Å². The molecule has 0 saturated heterocycles. The Morgan fingerprint density at radius 1 is 0.531 bits per heavy atom. The van der Waals surface area contributed by atoms with E-state index in [0.717, 1.165) is 56.4 Å². The predicted molar refractivity (Wildman–Crippen MR) is 121 cm³/mol. The third kappa shape index (κ3) is 3.97. The first kappa shape index (κ1) is 19.9. The van der Waals surface area contributed by atoms with Crippen molar-refractivity contribution in [2.45, 2.75) is 6.18 Å². The minimum atomic E-state index is -4.33. The summed E-state index contributed by atoms with van der Waals surface area (Å²) in [5.41, 5.74) is 4.95. The summed E-state index contributed by atoms with van der Waals surface area (Å²) in [6.07, 6.45) is 1.01. The molecule has 0 amide bonds. The summed E-state index contributed by atoms with van der Waals surface area (Å²) in [5.74, 6) is 0. The molecule has 0 bridgehead atoms. The molecule has 0 spiro atoms. The Kier molecular flexibility index (Phi) is 4.94. The third-order valence-electron chi connectivity index (χ3n) is 5.46. The van der Waals surface area contributed by atoms with Crippen LogP contribution in [0.2, 0.25) is 0 Å². The molecule has 32 heavy (non-hydrogen) atoms. The van der Waals surface area contributed by atoms with Crippen LogP contribution in [0, 0.1) is 0 Å². The maximum atomic E-state index is 12.8. The summed E-state index contributed by atoms with van der Waals surface area (Å²) in [6.45, 7) is 0. The van der Waals surface area contributed by atoms with Crippen molar-refractivity contribution in [1.29, 1.82) is 0 Å². The first-order valence-corrected chi connectivity index (χ1v) is 10.1. The summed E-state index contributed by atoms with van der Waals surface area (Å²) in [5, 5.41) is 2.07. The van der Waals surface area contributed by atoms with Crippen molar-refractivity contribution >= 4 is 10.8 Å². The summed E-state index contributed by atoms with van der Waals surface area (Å²) < 4.78 is 38.4. The van der Waals surface area contributed by atoms with Crippen molar-refractivity contribution in [3.8, 4) is 33.5 Å². The molecule has 0 saturated carbocycles. The summed E-state index contributed by atoms with van der Waals surface area (Å²) >= 11 is 0. The summed E-state index contributed by atoms with van der Waals surface area (Å²) in [6, 6.07) is 25.2. The lowest BCUT2D eigenvalue weighted by molar-refractivity contribution is -0.137. The Morgan fingerprint density at radius 2 is 1.09 bits per heavy atom. The molecule has 0 aliphatic carbocycles. The van der Waals surface area contributed by atoms with E-state index in [4.69, 9.17) is 0 Å². The van der Waals surface area contributed by atoms with Crippen LogP contribution in [0.5, 0.6) is 0 Å². The molecule has 0 fully saturated rings. The van der Waals surface area contributed by atoms with Crippen molar-refractivity contribution in [3.63, 3.8) is 0 Å². The van der Waals surface area contributed by atoms with Gasteiger partial charge in [0.05, 0.1) is 11.3 Å². The molecule has 2 heterocycles. The SMILES string of the molecule is FC(F)(F)c1ccc(-c2ccc3cc(-c4ccc(-c5ccncc5)nc4)ccc3c2)cc1. The molecule has 2 aromatic heterocycles. The second-order valence-electron chi connectivity index (χ2n) is 7.52. The Labute approximate surface area is 183 Å². The van der Waals surface area contributed by atoms with E-state index in [1.54, 1.807) is 12.4 Å². The van der Waals surface area contributed by atoms with Crippen LogP contribution in [0.25, 0.3) is 44.3 Å². The fraction of sp³-hybridized carbons (Fsp3) is 0.0370. The lowest BCUT2D eigenvalue weighted by Gasteiger charge is -2.09. The van der Waals surface area contributed by atoms with Gasteiger partial charge in [-0.05, 0) is 69.9 Å². The average Bonchev–Trinajstić information content (AvgIpc) is 2.83. The number of aromatic nitrogens is 2. The van der Waals surface area contributed by atoms with Gasteiger partial charge in [0.1, 0.15) is 0 Å². The van der Waals surface area contributed by atoms with Gasteiger partial charge in [0.2, 0.25) is 0 Å². The largest absolute Gasteiger partial charge is 0.416 e. The fourth-order valence-electron chi connectivity index (χ4n) is 3.71. The Hall–Kier alpha value is -3.99. The van der Waals surface area contributed by atoms with Crippen LogP contribution in [0.1, 0.15) is 5.56 Å². The topological polar surface area (TPSA) is 25.8 Å². The highest BCUT2D eigenvalue weighted by molar-refractivity contribution is 5.90. The molecule has 0 aliphatic rings. The number of pyridine rings is 2. The zero-order valence-electron chi connectivity index (χ0n) is 16.8. The first-order valence-electron chi connectivity index (χ1n) is 10.1. The van der Waals surface area contributed by atoms with E-state index in [0.29, 0.717) is 0 Å². The molecule has 0 atom stereocenters. The lowest BCUT2D eigenvalue weighted by atomic mass is 9.97. The zero-order chi connectivity index (χ0) is 22.1. The van der Waals surface area contributed by atoms with Gasteiger partial charge in [-0.3, -0.25) is 9.97 Å². The smallest absolute Gasteiger partial charge is 0.265 e. The van der Waals surface area contributed by atoms with Gasteiger partial charge in [-0.25, -0.2) is 0 Å². The van der Waals surface area contributed by atoms with E-state index < -0.39 is 11.7 Å². The third-order valence-corrected chi connectivity index (χ3v) is 5.46. The highest BCUT2D eigenvalue weighted by Gasteiger charge is 2.29. The van der Waals surface area contributed by atoms with Gasteiger partial charge in [0.25, 0.3) is 0 Å².